The maximum Gasteiger partial charge on any atom is 0.403 e. The number of aliphatic imine (C=N–C) groups is 1. The predicted molar refractivity (Wildman–Crippen MR) is 120 cm³/mol. The molecule has 2 aliphatic heterocycles. The number of nitrogens with one attached hydrogen (secondary N) is 1. The highest BCUT2D eigenvalue weighted by Gasteiger charge is 2.41. The monoisotopic (exact) mass is 533 g/mol. The number of carbonyl (C=O) groups is 1. The van der Waals surface area contributed by atoms with Crippen molar-refractivity contribution in [1.29, 1.82) is 0 Å². The second kappa shape index (κ2) is 12.2. The molecule has 10 heteroatoms. The smallest absolute Gasteiger partial charge is 0.357 e. The lowest BCUT2D eigenvalue weighted by Gasteiger charge is -2.39. The van der Waals surface area contributed by atoms with Crippen molar-refractivity contribution >= 4 is 35.8 Å². The van der Waals surface area contributed by atoms with Crippen LogP contribution in [0.2, 0.25) is 0 Å². The number of piperazine rings is 1. The topological polar surface area (TPSA) is 51.2 Å². The molecule has 1 N–H and O–H groups in total. The molecule has 0 aliphatic carbocycles. The van der Waals surface area contributed by atoms with Gasteiger partial charge in [-0.25, -0.2) is 0 Å². The Morgan fingerprint density at radius 2 is 1.83 bits per heavy atom. The largest absolute Gasteiger partial charge is 0.403 e. The predicted octanol–water partition coefficient (Wildman–Crippen LogP) is 2.79. The van der Waals surface area contributed by atoms with Crippen LogP contribution in [0, 0.1) is 5.92 Å². The summed E-state index contributed by atoms with van der Waals surface area (Å²) in [5.74, 6) is 1.37. The molecule has 170 valence electrons. The Labute approximate surface area is 189 Å². The van der Waals surface area contributed by atoms with E-state index in [1.54, 1.807) is 0 Å². The van der Waals surface area contributed by atoms with E-state index in [-0.39, 0.29) is 29.9 Å². The van der Waals surface area contributed by atoms with Crippen LogP contribution in [0.15, 0.2) is 4.99 Å². The zero-order valence-corrected chi connectivity index (χ0v) is 20.0. The number of carbonyl (C=O) groups excluding carboxylic acids is 1. The van der Waals surface area contributed by atoms with Gasteiger partial charge < -0.3 is 15.1 Å². The maximum atomic E-state index is 12.9. The van der Waals surface area contributed by atoms with Crippen LogP contribution in [0.1, 0.15) is 40.0 Å². The van der Waals surface area contributed by atoms with E-state index < -0.39 is 12.2 Å². The molecule has 0 aromatic carbocycles. The van der Waals surface area contributed by atoms with Crippen LogP contribution in [0.25, 0.3) is 0 Å². The summed E-state index contributed by atoms with van der Waals surface area (Å²) in [4.78, 5) is 22.3. The first kappa shape index (κ1) is 26.3. The fourth-order valence-corrected chi connectivity index (χ4v) is 3.79. The Morgan fingerprint density at radius 1 is 1.17 bits per heavy atom. The molecule has 2 heterocycles. The van der Waals surface area contributed by atoms with E-state index in [0.29, 0.717) is 57.6 Å². The Balaban J connectivity index is 0.00000420. The van der Waals surface area contributed by atoms with Gasteiger partial charge >= 0.3 is 6.18 Å². The highest BCUT2D eigenvalue weighted by atomic mass is 127. The van der Waals surface area contributed by atoms with E-state index in [4.69, 9.17) is 0 Å². The zero-order chi connectivity index (χ0) is 20.7. The Morgan fingerprint density at radius 3 is 2.38 bits per heavy atom. The number of nitrogens with zero attached hydrogens (tertiary/aromatic N) is 4. The molecule has 2 rings (SSSR count). The van der Waals surface area contributed by atoms with Crippen molar-refractivity contribution in [2.75, 3.05) is 52.4 Å². The molecule has 2 aliphatic rings. The average molecular weight is 533 g/mol. The van der Waals surface area contributed by atoms with Gasteiger partial charge in [0.05, 0.1) is 6.54 Å². The van der Waals surface area contributed by atoms with Crippen LogP contribution < -0.4 is 5.32 Å². The number of halogens is 4. The third-order valence-electron chi connectivity index (χ3n) is 5.57. The van der Waals surface area contributed by atoms with Gasteiger partial charge in [0, 0.05) is 52.2 Å². The van der Waals surface area contributed by atoms with Gasteiger partial charge in [-0.05, 0) is 32.6 Å². The minimum absolute atomic E-state index is 0. The number of likely N-dealkylation sites (tertiary alicyclic amines) is 1. The van der Waals surface area contributed by atoms with E-state index in [1.807, 2.05) is 16.7 Å². The van der Waals surface area contributed by atoms with Gasteiger partial charge in [-0.2, -0.15) is 13.2 Å². The summed E-state index contributed by atoms with van der Waals surface area (Å²) in [6, 6.07) is -1.43. The molecule has 0 bridgehead atoms. The molecule has 2 fully saturated rings. The fraction of sp³-hybridized carbons (Fsp3) is 0.895. The van der Waals surface area contributed by atoms with E-state index in [1.165, 1.54) is 18.2 Å². The van der Waals surface area contributed by atoms with Crippen LogP contribution in [-0.4, -0.2) is 91.1 Å². The SMILES string of the molecule is CCNC(=NCCC(=O)N1CCCC(C)C1)N1CCN(C(C)C(F)(F)F)CC1.I. The summed E-state index contributed by atoms with van der Waals surface area (Å²) in [5, 5.41) is 3.20. The van der Waals surface area contributed by atoms with Crippen molar-refractivity contribution in [1.82, 2.24) is 20.0 Å². The lowest BCUT2D eigenvalue weighted by Crippen LogP contribution is -2.56. The average Bonchev–Trinajstić information content (AvgIpc) is 2.66. The van der Waals surface area contributed by atoms with Gasteiger partial charge in [0.15, 0.2) is 5.96 Å². The summed E-state index contributed by atoms with van der Waals surface area (Å²) in [5.41, 5.74) is 0. The number of hydrogen-bond acceptors (Lipinski definition) is 3. The van der Waals surface area contributed by atoms with Gasteiger partial charge in [0.25, 0.3) is 0 Å². The Kier molecular flexibility index (Phi) is 11.0. The summed E-state index contributed by atoms with van der Waals surface area (Å²) >= 11 is 0. The molecule has 29 heavy (non-hydrogen) atoms. The molecule has 2 unspecified atom stereocenters. The lowest BCUT2D eigenvalue weighted by molar-refractivity contribution is -0.181. The molecule has 0 saturated carbocycles. The summed E-state index contributed by atoms with van der Waals surface area (Å²) < 4.78 is 38.7. The molecule has 6 nitrogen and oxygen atoms in total. The van der Waals surface area contributed by atoms with Crippen molar-refractivity contribution in [3.05, 3.63) is 0 Å². The summed E-state index contributed by atoms with van der Waals surface area (Å²) in [6.07, 6.45) is -1.61. The second-order valence-electron chi connectivity index (χ2n) is 7.81. The summed E-state index contributed by atoms with van der Waals surface area (Å²) in [7, 11) is 0. The maximum absolute atomic E-state index is 12.9. The summed E-state index contributed by atoms with van der Waals surface area (Å²) in [6.45, 7) is 9.72. The van der Waals surface area contributed by atoms with Crippen molar-refractivity contribution in [2.45, 2.75) is 52.3 Å². The molecule has 0 radical (unpaired) electrons. The normalized spacial score (nSPS) is 22.8. The Bertz CT molecular complexity index is 538. The first-order valence-electron chi connectivity index (χ1n) is 10.3. The van der Waals surface area contributed by atoms with Gasteiger partial charge in [-0.3, -0.25) is 14.7 Å². The number of rotatable bonds is 5. The van der Waals surface area contributed by atoms with Gasteiger partial charge in [-0.15, -0.1) is 24.0 Å². The molecule has 0 spiro atoms. The van der Waals surface area contributed by atoms with E-state index in [0.717, 1.165) is 19.5 Å². The second-order valence-corrected chi connectivity index (χ2v) is 7.81. The fourth-order valence-electron chi connectivity index (χ4n) is 3.79. The van der Waals surface area contributed by atoms with Crippen molar-refractivity contribution in [3.8, 4) is 0 Å². The van der Waals surface area contributed by atoms with Crippen LogP contribution >= 0.6 is 24.0 Å². The molecule has 0 aromatic heterocycles. The molecule has 1 amide bonds. The first-order valence-corrected chi connectivity index (χ1v) is 10.3. The highest BCUT2D eigenvalue weighted by molar-refractivity contribution is 14.0. The van der Waals surface area contributed by atoms with Crippen molar-refractivity contribution in [2.24, 2.45) is 10.9 Å². The molecular formula is C19H35F3IN5O. The molecule has 2 atom stereocenters. The number of alkyl halides is 3. The minimum Gasteiger partial charge on any atom is -0.357 e. The van der Waals surface area contributed by atoms with Gasteiger partial charge in [0.2, 0.25) is 5.91 Å². The zero-order valence-electron chi connectivity index (χ0n) is 17.7. The number of guanidine groups is 1. The first-order chi connectivity index (χ1) is 13.2. The van der Waals surface area contributed by atoms with Crippen molar-refractivity contribution < 1.29 is 18.0 Å². The van der Waals surface area contributed by atoms with E-state index >= 15 is 0 Å². The number of piperidine rings is 1. The lowest BCUT2D eigenvalue weighted by atomic mass is 10.00. The van der Waals surface area contributed by atoms with Gasteiger partial charge in [-0.1, -0.05) is 6.92 Å². The van der Waals surface area contributed by atoms with Crippen LogP contribution in [0.5, 0.6) is 0 Å². The molecule has 0 aromatic rings. The third kappa shape index (κ3) is 8.10. The number of amides is 1. The van der Waals surface area contributed by atoms with Crippen LogP contribution in [0.4, 0.5) is 13.2 Å². The molecular weight excluding hydrogens is 498 g/mol. The quantitative estimate of drug-likeness (QED) is 0.336. The van der Waals surface area contributed by atoms with E-state index in [9.17, 15) is 18.0 Å². The van der Waals surface area contributed by atoms with Crippen LogP contribution in [-0.2, 0) is 4.79 Å². The highest BCUT2D eigenvalue weighted by Crippen LogP contribution is 2.25. The molecule has 2 saturated heterocycles. The third-order valence-corrected chi connectivity index (χ3v) is 5.57. The standard InChI is InChI=1S/C19H34F3N5O.HI/c1-4-23-18(24-8-7-17(28)27-9-5-6-15(2)14-27)26-12-10-25(11-13-26)16(3)19(20,21)22;/h15-16H,4-14H2,1-3H3,(H,23,24);1H. The number of hydrogen-bond donors (Lipinski definition) is 1. The minimum atomic E-state index is -4.20. The van der Waals surface area contributed by atoms with Gasteiger partial charge in [0.1, 0.15) is 6.04 Å². The van der Waals surface area contributed by atoms with Crippen molar-refractivity contribution in [3.63, 3.8) is 0 Å². The van der Waals surface area contributed by atoms with E-state index in [2.05, 4.69) is 17.2 Å². The van der Waals surface area contributed by atoms with Crippen LogP contribution in [0.3, 0.4) is 0 Å². The Hall–Kier alpha value is -0.780.